The molecule has 1 heterocycles. The first-order valence-electron chi connectivity index (χ1n) is 10.3. The summed E-state index contributed by atoms with van der Waals surface area (Å²) < 4.78 is 56.9. The van der Waals surface area contributed by atoms with Gasteiger partial charge in [-0.25, -0.2) is 4.39 Å². The Morgan fingerprint density at radius 3 is 2.37 bits per heavy atom. The highest BCUT2D eigenvalue weighted by molar-refractivity contribution is 6.35. The molecule has 0 aliphatic carbocycles. The van der Waals surface area contributed by atoms with Crippen LogP contribution in [-0.2, 0) is 10.4 Å². The first-order valence-corrected chi connectivity index (χ1v) is 11.1. The zero-order valence-corrected chi connectivity index (χ0v) is 19.5. The lowest BCUT2D eigenvalue weighted by Crippen LogP contribution is -2.42. The summed E-state index contributed by atoms with van der Waals surface area (Å²) in [7, 11) is 0. The molecule has 4 rings (SSSR count). The summed E-state index contributed by atoms with van der Waals surface area (Å²) in [6.07, 6.45) is -4.90. The van der Waals surface area contributed by atoms with Crippen molar-refractivity contribution < 1.29 is 32.3 Å². The number of rotatable bonds is 5. The molecule has 0 spiro atoms. The minimum absolute atomic E-state index is 0.0222. The number of hydrogen-bond donors (Lipinski definition) is 3. The molecule has 3 aromatic rings. The average molecular weight is 529 g/mol. The second-order valence-electron chi connectivity index (χ2n) is 8.01. The number of fused-ring (bicyclic) bond motifs is 1. The molecule has 5 nitrogen and oxygen atoms in total. The van der Waals surface area contributed by atoms with Gasteiger partial charge in [-0.15, -0.1) is 0 Å². The van der Waals surface area contributed by atoms with E-state index in [1.165, 1.54) is 19.1 Å². The van der Waals surface area contributed by atoms with Crippen LogP contribution in [0.3, 0.4) is 0 Å². The summed E-state index contributed by atoms with van der Waals surface area (Å²) in [6, 6.07) is 11.2. The molecular weight excluding hydrogens is 511 g/mol. The van der Waals surface area contributed by atoms with Crippen molar-refractivity contribution in [1.29, 1.82) is 0 Å². The van der Waals surface area contributed by atoms with Gasteiger partial charge in [-0.1, -0.05) is 53.5 Å². The molecule has 2 unspecified atom stereocenters. The van der Waals surface area contributed by atoms with Crippen LogP contribution in [0, 0.1) is 5.82 Å². The van der Waals surface area contributed by atoms with E-state index in [0.29, 0.717) is 16.3 Å². The fourth-order valence-corrected chi connectivity index (χ4v) is 4.30. The van der Waals surface area contributed by atoms with E-state index in [9.17, 15) is 27.5 Å². The molecule has 0 saturated heterocycles. The van der Waals surface area contributed by atoms with Crippen LogP contribution < -0.4 is 10.8 Å². The Morgan fingerprint density at radius 2 is 1.77 bits per heavy atom. The highest BCUT2D eigenvalue weighted by Gasteiger charge is 2.60. The molecule has 0 aromatic heterocycles. The molecule has 0 bridgehead atoms. The third kappa shape index (κ3) is 4.56. The van der Waals surface area contributed by atoms with Crippen molar-refractivity contribution in [2.75, 3.05) is 6.54 Å². The SMILES string of the molecule is CC(O)CNC(=O)c1ccc(C2=CC(c3cc(Cl)c(F)c(Cl)c3)(C(F)(F)F)ON2)c2ccccc12. The van der Waals surface area contributed by atoms with Crippen molar-refractivity contribution in [3.63, 3.8) is 0 Å². The van der Waals surface area contributed by atoms with Crippen molar-refractivity contribution in [3.8, 4) is 0 Å². The number of hydroxylamine groups is 1. The molecular formula is C24H18Cl2F4N2O3. The number of aliphatic hydroxyl groups excluding tert-OH is 1. The Labute approximate surface area is 207 Å². The Bertz CT molecular complexity index is 1320. The van der Waals surface area contributed by atoms with Gasteiger partial charge in [0.25, 0.3) is 5.91 Å². The predicted molar refractivity (Wildman–Crippen MR) is 124 cm³/mol. The fraction of sp³-hybridized carbons (Fsp3) is 0.208. The minimum atomic E-state index is -4.97. The van der Waals surface area contributed by atoms with Gasteiger partial charge in [0.2, 0.25) is 5.60 Å². The number of carbonyl (C=O) groups is 1. The van der Waals surface area contributed by atoms with Gasteiger partial charge in [0.15, 0.2) is 5.82 Å². The molecule has 0 saturated carbocycles. The lowest BCUT2D eigenvalue weighted by atomic mass is 9.90. The number of halogens is 6. The van der Waals surface area contributed by atoms with Gasteiger partial charge in [-0.05, 0) is 42.0 Å². The monoisotopic (exact) mass is 528 g/mol. The second-order valence-corrected chi connectivity index (χ2v) is 8.83. The third-order valence-electron chi connectivity index (χ3n) is 5.52. The van der Waals surface area contributed by atoms with Crippen molar-refractivity contribution >= 4 is 45.6 Å². The number of carbonyl (C=O) groups excluding carboxylic acids is 1. The van der Waals surface area contributed by atoms with Crippen molar-refractivity contribution in [3.05, 3.63) is 87.2 Å². The maximum absolute atomic E-state index is 14.3. The number of benzene rings is 3. The summed E-state index contributed by atoms with van der Waals surface area (Å²) in [4.78, 5) is 17.7. The molecule has 3 aromatic carbocycles. The Morgan fingerprint density at radius 1 is 1.14 bits per heavy atom. The predicted octanol–water partition coefficient (Wildman–Crippen LogP) is 5.73. The zero-order valence-electron chi connectivity index (χ0n) is 18.0. The van der Waals surface area contributed by atoms with Crippen molar-refractivity contribution in [2.45, 2.75) is 24.8 Å². The summed E-state index contributed by atoms with van der Waals surface area (Å²) in [6.45, 7) is 1.56. The minimum Gasteiger partial charge on any atom is -0.392 e. The van der Waals surface area contributed by atoms with Gasteiger partial charge in [0, 0.05) is 23.2 Å². The van der Waals surface area contributed by atoms with Gasteiger partial charge < -0.3 is 10.4 Å². The standard InChI is InChI=1S/C24H18Cl2F4N2O3/c1-12(33)11-31-22(34)17-7-6-16(14-4-2-3-5-15(14)17)20-10-23(35-32-20,24(28,29)30)13-8-18(25)21(27)19(26)9-13/h2-10,12,32-33H,11H2,1H3,(H,31,34). The summed E-state index contributed by atoms with van der Waals surface area (Å²) >= 11 is 11.5. The van der Waals surface area contributed by atoms with Gasteiger partial charge in [-0.3, -0.25) is 15.1 Å². The van der Waals surface area contributed by atoms with E-state index >= 15 is 0 Å². The summed E-state index contributed by atoms with van der Waals surface area (Å²) in [5.41, 5.74) is -0.593. The first-order chi connectivity index (χ1) is 16.4. The third-order valence-corrected chi connectivity index (χ3v) is 6.07. The summed E-state index contributed by atoms with van der Waals surface area (Å²) in [5.74, 6) is -1.49. The van der Waals surface area contributed by atoms with Gasteiger partial charge in [0.05, 0.1) is 21.8 Å². The number of amides is 1. The highest BCUT2D eigenvalue weighted by atomic mass is 35.5. The quantitative estimate of drug-likeness (QED) is 0.292. The van der Waals surface area contributed by atoms with E-state index in [-0.39, 0.29) is 17.8 Å². The van der Waals surface area contributed by atoms with Crippen LogP contribution >= 0.6 is 23.2 Å². The lowest BCUT2D eigenvalue weighted by Gasteiger charge is -2.28. The van der Waals surface area contributed by atoms with Crippen molar-refractivity contribution in [2.24, 2.45) is 0 Å². The van der Waals surface area contributed by atoms with E-state index in [4.69, 9.17) is 28.0 Å². The maximum Gasteiger partial charge on any atom is 0.428 e. The average Bonchev–Trinajstić information content (AvgIpc) is 3.26. The van der Waals surface area contributed by atoms with Crippen molar-refractivity contribution in [1.82, 2.24) is 10.8 Å². The molecule has 0 radical (unpaired) electrons. The topological polar surface area (TPSA) is 70.6 Å². The molecule has 2 atom stereocenters. The molecule has 1 aliphatic heterocycles. The van der Waals surface area contributed by atoms with Crippen LogP contribution in [0.25, 0.3) is 16.5 Å². The van der Waals surface area contributed by atoms with Gasteiger partial charge in [0.1, 0.15) is 0 Å². The van der Waals surface area contributed by atoms with Crippen LogP contribution in [0.4, 0.5) is 17.6 Å². The number of aliphatic hydroxyl groups is 1. The fourth-order valence-electron chi connectivity index (χ4n) is 3.81. The second kappa shape index (κ2) is 9.31. The lowest BCUT2D eigenvalue weighted by molar-refractivity contribution is -0.269. The van der Waals surface area contributed by atoms with Crippen LogP contribution in [0.1, 0.15) is 28.4 Å². The number of alkyl halides is 3. The van der Waals surface area contributed by atoms with E-state index in [2.05, 4.69) is 10.8 Å². The largest absolute Gasteiger partial charge is 0.428 e. The molecule has 0 fully saturated rings. The van der Waals surface area contributed by atoms with E-state index < -0.39 is 45.2 Å². The van der Waals surface area contributed by atoms with Crippen LogP contribution in [0.2, 0.25) is 10.0 Å². The molecule has 11 heteroatoms. The van der Waals surface area contributed by atoms with Gasteiger partial charge >= 0.3 is 6.18 Å². The molecule has 3 N–H and O–H groups in total. The van der Waals surface area contributed by atoms with Crippen LogP contribution in [-0.4, -0.2) is 29.8 Å². The Hall–Kier alpha value is -2.85. The Kier molecular flexibility index (Phi) is 6.72. The molecule has 1 aliphatic rings. The maximum atomic E-state index is 14.3. The van der Waals surface area contributed by atoms with Gasteiger partial charge in [-0.2, -0.15) is 13.2 Å². The van der Waals surface area contributed by atoms with Crippen LogP contribution in [0.15, 0.2) is 54.6 Å². The zero-order chi connectivity index (χ0) is 25.5. The summed E-state index contributed by atoms with van der Waals surface area (Å²) in [5, 5.41) is 11.8. The Balaban J connectivity index is 1.84. The van der Waals surface area contributed by atoms with E-state index in [0.717, 1.165) is 18.2 Å². The number of hydrogen-bond acceptors (Lipinski definition) is 4. The molecule has 184 valence electrons. The normalized spacial score (nSPS) is 18.8. The highest BCUT2D eigenvalue weighted by Crippen LogP contribution is 2.49. The van der Waals surface area contributed by atoms with E-state index in [1.54, 1.807) is 24.3 Å². The first kappa shape index (κ1) is 25.2. The number of nitrogens with one attached hydrogen (secondary N) is 2. The molecule has 35 heavy (non-hydrogen) atoms. The van der Waals surface area contributed by atoms with Crippen LogP contribution in [0.5, 0.6) is 0 Å². The molecule has 1 amide bonds. The van der Waals surface area contributed by atoms with E-state index in [1.807, 2.05) is 0 Å². The smallest absolute Gasteiger partial charge is 0.392 e.